The average Bonchev–Trinajstić information content (AvgIpc) is 2.52. The molecule has 2 heterocycles. The number of alkyl halides is 1. The Bertz CT molecular complexity index is 211. The number of carbonyl (C=O) groups excluding carboxylic acids is 1. The second kappa shape index (κ2) is 2.78. The molecule has 0 spiro atoms. The van der Waals surface area contributed by atoms with Crippen molar-refractivity contribution in [2.75, 3.05) is 12.4 Å². The van der Waals surface area contributed by atoms with Crippen molar-refractivity contribution in [3.63, 3.8) is 0 Å². The molecular weight excluding hydrogens is 182 g/mol. The third kappa shape index (κ3) is 1.06. The van der Waals surface area contributed by atoms with E-state index in [0.29, 0.717) is 18.8 Å². The number of cyclic esters (lactones) is 1. The number of aliphatic hydroxyl groups excluding tert-OH is 1. The van der Waals surface area contributed by atoms with Crippen LogP contribution in [0.25, 0.3) is 0 Å². The molecule has 0 radical (unpaired) electrons. The summed E-state index contributed by atoms with van der Waals surface area (Å²) in [5, 5.41) is 9.27. The highest BCUT2D eigenvalue weighted by Gasteiger charge is 2.47. The van der Waals surface area contributed by atoms with Crippen LogP contribution in [0.5, 0.6) is 0 Å². The van der Waals surface area contributed by atoms with Gasteiger partial charge in [0.25, 0.3) is 0 Å². The molecule has 2 rings (SSSR count). The molecule has 1 amide bonds. The molecule has 3 unspecified atom stereocenters. The van der Waals surface area contributed by atoms with E-state index in [0.717, 1.165) is 0 Å². The monoisotopic (exact) mass is 191 g/mol. The fourth-order valence-electron chi connectivity index (χ4n) is 1.82. The van der Waals surface area contributed by atoms with Crippen LogP contribution in [-0.4, -0.2) is 46.8 Å². The number of hydrogen-bond acceptors (Lipinski definition) is 3. The maximum absolute atomic E-state index is 11.1. The first-order valence-electron chi connectivity index (χ1n) is 3.93. The SMILES string of the molecule is O=C1OC(CCl)C2CC(O)CN12. The first-order valence-corrected chi connectivity index (χ1v) is 4.47. The van der Waals surface area contributed by atoms with Crippen LogP contribution >= 0.6 is 11.6 Å². The fraction of sp³-hybridized carbons (Fsp3) is 0.857. The summed E-state index contributed by atoms with van der Waals surface area (Å²) in [6.45, 7) is 0.386. The van der Waals surface area contributed by atoms with Crippen LogP contribution in [0.1, 0.15) is 6.42 Å². The van der Waals surface area contributed by atoms with Crippen molar-refractivity contribution >= 4 is 17.7 Å². The second-order valence-electron chi connectivity index (χ2n) is 3.19. The van der Waals surface area contributed by atoms with Crippen LogP contribution in [0.3, 0.4) is 0 Å². The predicted molar refractivity (Wildman–Crippen MR) is 42.1 cm³/mol. The number of rotatable bonds is 1. The van der Waals surface area contributed by atoms with E-state index >= 15 is 0 Å². The van der Waals surface area contributed by atoms with Gasteiger partial charge in [0, 0.05) is 0 Å². The molecule has 2 aliphatic heterocycles. The van der Waals surface area contributed by atoms with E-state index in [1.165, 1.54) is 0 Å². The molecule has 0 aromatic heterocycles. The van der Waals surface area contributed by atoms with Gasteiger partial charge in [0.1, 0.15) is 6.10 Å². The van der Waals surface area contributed by atoms with E-state index in [-0.39, 0.29) is 18.2 Å². The molecule has 1 N–H and O–H groups in total. The quantitative estimate of drug-likeness (QED) is 0.602. The van der Waals surface area contributed by atoms with E-state index in [1.807, 2.05) is 0 Å². The van der Waals surface area contributed by atoms with Crippen molar-refractivity contribution in [1.29, 1.82) is 0 Å². The summed E-state index contributed by atoms with van der Waals surface area (Å²) >= 11 is 5.60. The Morgan fingerprint density at radius 1 is 1.75 bits per heavy atom. The minimum Gasteiger partial charge on any atom is -0.443 e. The Morgan fingerprint density at radius 3 is 3.17 bits per heavy atom. The van der Waals surface area contributed by atoms with E-state index in [1.54, 1.807) is 4.90 Å². The van der Waals surface area contributed by atoms with E-state index < -0.39 is 6.10 Å². The lowest BCUT2D eigenvalue weighted by atomic mass is 10.1. The topological polar surface area (TPSA) is 49.8 Å². The summed E-state index contributed by atoms with van der Waals surface area (Å²) in [5.41, 5.74) is 0. The number of hydrogen-bond donors (Lipinski definition) is 1. The van der Waals surface area contributed by atoms with Crippen molar-refractivity contribution in [3.8, 4) is 0 Å². The molecule has 0 saturated carbocycles. The van der Waals surface area contributed by atoms with Crippen LogP contribution in [0.2, 0.25) is 0 Å². The second-order valence-corrected chi connectivity index (χ2v) is 3.49. The average molecular weight is 192 g/mol. The van der Waals surface area contributed by atoms with Crippen LogP contribution in [0, 0.1) is 0 Å². The number of carbonyl (C=O) groups is 1. The molecule has 68 valence electrons. The third-order valence-corrected chi connectivity index (χ3v) is 2.69. The molecule has 2 aliphatic rings. The number of aliphatic hydroxyl groups is 1. The van der Waals surface area contributed by atoms with Gasteiger partial charge < -0.3 is 9.84 Å². The molecule has 2 fully saturated rings. The van der Waals surface area contributed by atoms with Gasteiger partial charge in [-0.05, 0) is 6.42 Å². The van der Waals surface area contributed by atoms with Gasteiger partial charge in [-0.2, -0.15) is 0 Å². The number of nitrogens with zero attached hydrogens (tertiary/aromatic N) is 1. The van der Waals surface area contributed by atoms with Gasteiger partial charge >= 0.3 is 6.09 Å². The van der Waals surface area contributed by atoms with E-state index in [9.17, 15) is 9.90 Å². The maximum atomic E-state index is 11.1. The van der Waals surface area contributed by atoms with Gasteiger partial charge in [0.05, 0.1) is 24.6 Å². The first-order chi connectivity index (χ1) is 5.72. The Hall–Kier alpha value is -0.480. The van der Waals surface area contributed by atoms with Crippen LogP contribution < -0.4 is 0 Å². The Kier molecular flexibility index (Phi) is 1.88. The lowest BCUT2D eigenvalue weighted by Gasteiger charge is -2.12. The largest absolute Gasteiger partial charge is 0.443 e. The number of fused-ring (bicyclic) bond motifs is 1. The number of halogens is 1. The molecule has 0 aliphatic carbocycles. The smallest absolute Gasteiger partial charge is 0.410 e. The van der Waals surface area contributed by atoms with Gasteiger partial charge in [-0.3, -0.25) is 4.90 Å². The Labute approximate surface area is 75.0 Å². The molecule has 4 nitrogen and oxygen atoms in total. The Morgan fingerprint density at radius 2 is 2.50 bits per heavy atom. The van der Waals surface area contributed by atoms with E-state index in [2.05, 4.69) is 0 Å². The van der Waals surface area contributed by atoms with Gasteiger partial charge in [0.15, 0.2) is 0 Å². The highest BCUT2D eigenvalue weighted by Crippen LogP contribution is 2.29. The standard InChI is InChI=1S/C7H10ClNO3/c8-2-6-5-1-4(10)3-9(5)7(11)12-6/h4-6,10H,1-3H2. The molecule has 0 aromatic carbocycles. The fourth-order valence-corrected chi connectivity index (χ4v) is 2.08. The maximum Gasteiger partial charge on any atom is 0.410 e. The molecule has 3 atom stereocenters. The summed E-state index contributed by atoms with van der Waals surface area (Å²) in [6.07, 6.45) is -0.407. The normalized spacial score (nSPS) is 40.0. The lowest BCUT2D eigenvalue weighted by Crippen LogP contribution is -2.31. The molecular formula is C7H10ClNO3. The summed E-state index contributed by atoms with van der Waals surface area (Å²) < 4.78 is 4.97. The summed E-state index contributed by atoms with van der Waals surface area (Å²) in [5.74, 6) is 0.305. The molecule has 0 aromatic rings. The molecule has 12 heavy (non-hydrogen) atoms. The Balaban J connectivity index is 2.13. The van der Waals surface area contributed by atoms with Crippen LogP contribution in [-0.2, 0) is 4.74 Å². The molecule has 2 saturated heterocycles. The number of ether oxygens (including phenoxy) is 1. The van der Waals surface area contributed by atoms with Gasteiger partial charge in [0.2, 0.25) is 0 Å². The van der Waals surface area contributed by atoms with Crippen LogP contribution in [0.15, 0.2) is 0 Å². The first kappa shape index (κ1) is 8.13. The van der Waals surface area contributed by atoms with Crippen molar-refractivity contribution in [2.45, 2.75) is 24.7 Å². The van der Waals surface area contributed by atoms with Crippen molar-refractivity contribution in [1.82, 2.24) is 4.90 Å². The van der Waals surface area contributed by atoms with Gasteiger partial charge in [-0.15, -0.1) is 11.6 Å². The lowest BCUT2D eigenvalue weighted by molar-refractivity contribution is 0.116. The zero-order valence-electron chi connectivity index (χ0n) is 6.44. The summed E-state index contributed by atoms with van der Waals surface area (Å²) in [7, 11) is 0. The third-order valence-electron chi connectivity index (χ3n) is 2.39. The zero-order chi connectivity index (χ0) is 8.72. The highest BCUT2D eigenvalue weighted by molar-refractivity contribution is 6.18. The summed E-state index contributed by atoms with van der Waals surface area (Å²) in [4.78, 5) is 12.7. The van der Waals surface area contributed by atoms with Crippen LogP contribution in [0.4, 0.5) is 4.79 Å². The molecule has 0 bridgehead atoms. The molecule has 5 heteroatoms. The van der Waals surface area contributed by atoms with E-state index in [4.69, 9.17) is 16.3 Å². The van der Waals surface area contributed by atoms with Crippen molar-refractivity contribution in [2.24, 2.45) is 0 Å². The van der Waals surface area contributed by atoms with Crippen molar-refractivity contribution < 1.29 is 14.6 Å². The van der Waals surface area contributed by atoms with Gasteiger partial charge in [-0.1, -0.05) is 0 Å². The minimum atomic E-state index is -0.409. The predicted octanol–water partition coefficient (Wildman–Crippen LogP) is 0.179. The van der Waals surface area contributed by atoms with Gasteiger partial charge in [-0.25, -0.2) is 4.79 Å². The highest BCUT2D eigenvalue weighted by atomic mass is 35.5. The summed E-state index contributed by atoms with van der Waals surface area (Å²) in [6, 6.07) is -0.00926. The van der Waals surface area contributed by atoms with Crippen molar-refractivity contribution in [3.05, 3.63) is 0 Å². The number of amides is 1. The minimum absolute atomic E-state index is 0.00926. The zero-order valence-corrected chi connectivity index (χ0v) is 7.20.